The van der Waals surface area contributed by atoms with E-state index in [-0.39, 0.29) is 19.1 Å². The number of nitrogen functional groups attached to an aromatic ring is 1. The minimum absolute atomic E-state index is 0.211. The topological polar surface area (TPSA) is 153 Å². The van der Waals surface area contributed by atoms with Crippen molar-refractivity contribution in [2.24, 2.45) is 0 Å². The maximum absolute atomic E-state index is 14.0. The van der Waals surface area contributed by atoms with E-state index in [1.807, 2.05) is 11.5 Å². The molecule has 0 aliphatic carbocycles. The molecular formula is C39H73N6O6P. The van der Waals surface area contributed by atoms with Gasteiger partial charge in [0.1, 0.15) is 24.2 Å². The summed E-state index contributed by atoms with van der Waals surface area (Å²) in [7, 11) is -3.58. The van der Waals surface area contributed by atoms with E-state index in [1.165, 1.54) is 109 Å². The number of nitrogens with one attached hydrogen (secondary N) is 1. The highest BCUT2D eigenvalue weighted by molar-refractivity contribution is 7.56. The second kappa shape index (κ2) is 29.3. The Balaban J connectivity index is 1.69. The lowest BCUT2D eigenvalue weighted by Crippen LogP contribution is -2.35. The quantitative estimate of drug-likeness (QED) is 0.0393. The highest BCUT2D eigenvalue weighted by Gasteiger charge is 2.30. The molecular weight excluding hydrogens is 679 g/mol. The molecule has 0 fully saturated rings. The minimum atomic E-state index is -3.58. The van der Waals surface area contributed by atoms with E-state index >= 15 is 0 Å². The van der Waals surface area contributed by atoms with Gasteiger partial charge in [0.25, 0.3) is 7.52 Å². The molecule has 0 radical (unpaired) electrons. The summed E-state index contributed by atoms with van der Waals surface area (Å²) in [4.78, 5) is 25.3. The number of anilines is 1. The summed E-state index contributed by atoms with van der Waals surface area (Å²) in [6.45, 7) is 10.2. The van der Waals surface area contributed by atoms with Crippen LogP contribution >= 0.6 is 7.52 Å². The van der Waals surface area contributed by atoms with Gasteiger partial charge in [-0.2, -0.15) is 0 Å². The van der Waals surface area contributed by atoms with Gasteiger partial charge in [-0.1, -0.05) is 129 Å². The van der Waals surface area contributed by atoms with Crippen molar-refractivity contribution in [1.82, 2.24) is 24.6 Å². The molecule has 2 aromatic rings. The Labute approximate surface area is 315 Å². The first-order valence-electron chi connectivity index (χ1n) is 20.6. The third kappa shape index (κ3) is 21.0. The number of unbranched alkanes of at least 4 members (excludes halogenated alkanes) is 18. The molecule has 1 unspecified atom stereocenters. The molecule has 0 saturated carbocycles. The SMILES string of the molecule is CCCCCCCCCCCCCCCCOCCCOP(=O)(CO[C@H](C)Cn1cnc2c(N)ncnc21)N[C@@H](C)C(=O)OCCCCCCCC. The second-order valence-electron chi connectivity index (χ2n) is 14.3. The molecule has 0 saturated heterocycles. The third-order valence-electron chi connectivity index (χ3n) is 9.27. The summed E-state index contributed by atoms with van der Waals surface area (Å²) >= 11 is 0. The van der Waals surface area contributed by atoms with Crippen LogP contribution in [-0.4, -0.2) is 70.4 Å². The monoisotopic (exact) mass is 753 g/mol. The van der Waals surface area contributed by atoms with Crippen LogP contribution < -0.4 is 10.8 Å². The van der Waals surface area contributed by atoms with E-state index in [4.69, 9.17) is 24.5 Å². The van der Waals surface area contributed by atoms with Crippen LogP contribution in [0.2, 0.25) is 0 Å². The largest absolute Gasteiger partial charge is 0.465 e. The molecule has 0 aliphatic rings. The van der Waals surface area contributed by atoms with Crippen molar-refractivity contribution >= 4 is 30.5 Å². The van der Waals surface area contributed by atoms with Crippen LogP contribution in [0.1, 0.15) is 163 Å². The van der Waals surface area contributed by atoms with Crippen LogP contribution in [0.5, 0.6) is 0 Å². The number of nitrogens with two attached hydrogens (primary N) is 1. The fourth-order valence-corrected chi connectivity index (χ4v) is 7.89. The van der Waals surface area contributed by atoms with E-state index in [9.17, 15) is 9.36 Å². The lowest BCUT2D eigenvalue weighted by Gasteiger charge is -2.24. The van der Waals surface area contributed by atoms with Gasteiger partial charge in [0.05, 0.1) is 32.2 Å². The number of imidazole rings is 1. The number of aromatic nitrogens is 4. The number of fused-ring (bicyclic) bond motifs is 1. The number of hydrogen-bond acceptors (Lipinski definition) is 10. The fraction of sp³-hybridized carbons (Fsp3) is 0.846. The molecule has 0 amide bonds. The van der Waals surface area contributed by atoms with Gasteiger partial charge in [-0.05, 0) is 33.1 Å². The summed E-state index contributed by atoms with van der Waals surface area (Å²) in [6.07, 6.45) is 28.2. The molecule has 0 spiro atoms. The van der Waals surface area contributed by atoms with E-state index in [0.717, 1.165) is 32.3 Å². The molecule has 300 valence electrons. The van der Waals surface area contributed by atoms with E-state index in [0.29, 0.717) is 43.2 Å². The molecule has 52 heavy (non-hydrogen) atoms. The van der Waals surface area contributed by atoms with Crippen LogP contribution in [0.4, 0.5) is 5.82 Å². The van der Waals surface area contributed by atoms with Gasteiger partial charge < -0.3 is 29.0 Å². The van der Waals surface area contributed by atoms with Crippen LogP contribution in [-0.2, 0) is 34.6 Å². The zero-order valence-electron chi connectivity index (χ0n) is 33.2. The summed E-state index contributed by atoms with van der Waals surface area (Å²) in [6, 6.07) is -0.821. The highest BCUT2D eigenvalue weighted by Crippen LogP contribution is 2.43. The number of hydrogen-bond donors (Lipinski definition) is 2. The highest BCUT2D eigenvalue weighted by atomic mass is 31.2. The Morgan fingerprint density at radius 1 is 0.750 bits per heavy atom. The maximum atomic E-state index is 14.0. The predicted molar refractivity (Wildman–Crippen MR) is 211 cm³/mol. The van der Waals surface area contributed by atoms with Gasteiger partial charge >= 0.3 is 5.97 Å². The van der Waals surface area contributed by atoms with Crippen molar-refractivity contribution in [2.75, 3.05) is 38.5 Å². The molecule has 3 atom stereocenters. The number of ether oxygens (including phenoxy) is 3. The molecule has 0 aliphatic heterocycles. The average molecular weight is 753 g/mol. The van der Waals surface area contributed by atoms with Crippen molar-refractivity contribution in [1.29, 1.82) is 0 Å². The number of rotatable bonds is 35. The predicted octanol–water partition coefficient (Wildman–Crippen LogP) is 9.75. The van der Waals surface area contributed by atoms with Crippen molar-refractivity contribution < 1.29 is 28.1 Å². The zero-order chi connectivity index (χ0) is 37.7. The van der Waals surface area contributed by atoms with Crippen molar-refractivity contribution in [3.05, 3.63) is 12.7 Å². The van der Waals surface area contributed by atoms with E-state index in [1.54, 1.807) is 13.3 Å². The van der Waals surface area contributed by atoms with Gasteiger partial charge in [-0.25, -0.2) is 20.0 Å². The molecule has 2 aromatic heterocycles. The Kier molecular flexibility index (Phi) is 25.9. The summed E-state index contributed by atoms with van der Waals surface area (Å²) in [5.74, 6) is -0.149. The molecule has 12 nitrogen and oxygen atoms in total. The smallest absolute Gasteiger partial charge is 0.323 e. The Morgan fingerprint density at radius 3 is 1.88 bits per heavy atom. The Bertz CT molecular complexity index is 1230. The first kappa shape index (κ1) is 46.0. The standard InChI is InChI=1S/C39H73N6O6P/c1-5-7-9-11-13-14-15-16-17-18-19-20-21-23-26-48-27-25-29-51-52(47,44-35(4)39(46)49-28-24-22-12-10-8-6-2)33-50-34(3)30-45-32-43-36-37(40)41-31-42-38(36)45/h31-32,34-35H,5-30,33H2,1-4H3,(H,44,47)(H2,40,41,42)/t34-,35+,52?/m1/s1. The number of carbonyl (C=O) groups is 1. The first-order chi connectivity index (χ1) is 25.3. The van der Waals surface area contributed by atoms with Gasteiger partial charge in [-0.3, -0.25) is 9.36 Å². The van der Waals surface area contributed by atoms with E-state index in [2.05, 4.69) is 33.9 Å². The lowest BCUT2D eigenvalue weighted by atomic mass is 10.0. The first-order valence-corrected chi connectivity index (χ1v) is 22.4. The Hall–Kier alpha value is -2.11. The van der Waals surface area contributed by atoms with Crippen molar-refractivity contribution in [3.8, 4) is 0 Å². The number of carbonyl (C=O) groups excluding carboxylic acids is 1. The third-order valence-corrected chi connectivity index (χ3v) is 11.1. The maximum Gasteiger partial charge on any atom is 0.323 e. The van der Waals surface area contributed by atoms with Gasteiger partial charge in [0.2, 0.25) is 0 Å². The van der Waals surface area contributed by atoms with E-state index < -0.39 is 19.5 Å². The summed E-state index contributed by atoms with van der Waals surface area (Å²) < 4.78 is 39.0. The Morgan fingerprint density at radius 2 is 1.29 bits per heavy atom. The second-order valence-corrected chi connectivity index (χ2v) is 16.4. The van der Waals surface area contributed by atoms with Crippen LogP contribution in [0, 0.1) is 0 Å². The van der Waals surface area contributed by atoms with Gasteiger partial charge in [0, 0.05) is 13.2 Å². The molecule has 0 bridgehead atoms. The molecule has 3 N–H and O–H groups in total. The molecule has 0 aromatic carbocycles. The molecule has 2 heterocycles. The number of nitrogens with zero attached hydrogens (tertiary/aromatic N) is 4. The summed E-state index contributed by atoms with van der Waals surface area (Å²) in [5.41, 5.74) is 7.04. The zero-order valence-corrected chi connectivity index (χ0v) is 34.1. The van der Waals surface area contributed by atoms with Crippen LogP contribution in [0.3, 0.4) is 0 Å². The molecule has 13 heteroatoms. The van der Waals surface area contributed by atoms with Gasteiger partial charge in [0.15, 0.2) is 11.5 Å². The fourth-order valence-electron chi connectivity index (χ4n) is 6.10. The van der Waals surface area contributed by atoms with Crippen molar-refractivity contribution in [2.45, 2.75) is 181 Å². The number of esters is 1. The lowest BCUT2D eigenvalue weighted by molar-refractivity contribution is -0.145. The average Bonchev–Trinajstić information content (AvgIpc) is 3.54. The van der Waals surface area contributed by atoms with Gasteiger partial charge in [-0.15, -0.1) is 0 Å². The molecule has 2 rings (SSSR count). The minimum Gasteiger partial charge on any atom is -0.465 e. The van der Waals surface area contributed by atoms with Crippen LogP contribution in [0.25, 0.3) is 11.2 Å². The van der Waals surface area contributed by atoms with Crippen molar-refractivity contribution in [3.63, 3.8) is 0 Å². The van der Waals surface area contributed by atoms with Crippen LogP contribution in [0.15, 0.2) is 12.7 Å². The normalized spacial score (nSPS) is 14.1. The summed E-state index contributed by atoms with van der Waals surface area (Å²) in [5, 5.41) is 2.91.